The van der Waals surface area contributed by atoms with Crippen LogP contribution in [0.15, 0.2) is 22.8 Å². The normalized spacial score (nSPS) is 24.5. The van der Waals surface area contributed by atoms with Crippen LogP contribution in [0.2, 0.25) is 0 Å². The van der Waals surface area contributed by atoms with Gasteiger partial charge in [0, 0.05) is 18.9 Å². The summed E-state index contributed by atoms with van der Waals surface area (Å²) < 4.78 is 5.21. The van der Waals surface area contributed by atoms with Gasteiger partial charge >= 0.3 is 0 Å². The van der Waals surface area contributed by atoms with Crippen LogP contribution in [-0.4, -0.2) is 11.9 Å². The van der Waals surface area contributed by atoms with Crippen LogP contribution in [0, 0.1) is 5.92 Å². The van der Waals surface area contributed by atoms with Crippen molar-refractivity contribution in [3.8, 4) is 0 Å². The molecule has 1 N–H and O–H groups in total. The van der Waals surface area contributed by atoms with Gasteiger partial charge in [-0.2, -0.15) is 0 Å². The summed E-state index contributed by atoms with van der Waals surface area (Å²) in [5, 5.41) is 3.13. The monoisotopic (exact) mass is 235 g/mol. The molecule has 1 aliphatic carbocycles. The Morgan fingerprint density at radius 1 is 1.53 bits per heavy atom. The van der Waals surface area contributed by atoms with Crippen LogP contribution < -0.4 is 5.32 Å². The van der Waals surface area contributed by atoms with E-state index in [9.17, 15) is 4.79 Å². The van der Waals surface area contributed by atoms with Crippen LogP contribution in [0.1, 0.15) is 44.8 Å². The lowest BCUT2D eigenvalue weighted by atomic mass is 9.87. The molecule has 3 heteroatoms. The quantitative estimate of drug-likeness (QED) is 0.872. The summed E-state index contributed by atoms with van der Waals surface area (Å²) in [6.07, 6.45) is 7.68. The molecule has 0 aromatic carbocycles. The fraction of sp³-hybridized carbons (Fsp3) is 0.643. The number of furan rings is 1. The van der Waals surface area contributed by atoms with Crippen LogP contribution in [0.5, 0.6) is 0 Å². The Morgan fingerprint density at radius 2 is 2.41 bits per heavy atom. The van der Waals surface area contributed by atoms with Gasteiger partial charge in [-0.15, -0.1) is 0 Å². The van der Waals surface area contributed by atoms with Crippen LogP contribution in [0.3, 0.4) is 0 Å². The first kappa shape index (κ1) is 12.2. The second-order valence-electron chi connectivity index (χ2n) is 5.12. The fourth-order valence-corrected chi connectivity index (χ4v) is 2.56. The number of rotatable bonds is 4. The average Bonchev–Trinajstić information content (AvgIpc) is 2.79. The average molecular weight is 235 g/mol. The van der Waals surface area contributed by atoms with E-state index in [1.165, 1.54) is 12.8 Å². The van der Waals surface area contributed by atoms with E-state index in [1.54, 1.807) is 6.26 Å². The number of aryl methyl sites for hydroxylation is 1. The predicted molar refractivity (Wildman–Crippen MR) is 66.6 cm³/mol. The lowest BCUT2D eigenvalue weighted by Gasteiger charge is -2.27. The van der Waals surface area contributed by atoms with Crippen LogP contribution >= 0.6 is 0 Å². The van der Waals surface area contributed by atoms with Crippen molar-refractivity contribution >= 4 is 5.91 Å². The van der Waals surface area contributed by atoms with Gasteiger partial charge in [-0.1, -0.05) is 19.8 Å². The maximum Gasteiger partial charge on any atom is 0.220 e. The molecule has 2 unspecified atom stereocenters. The Labute approximate surface area is 103 Å². The van der Waals surface area contributed by atoms with Gasteiger partial charge in [0.2, 0.25) is 5.91 Å². The molecule has 1 aliphatic rings. The molecule has 17 heavy (non-hydrogen) atoms. The first-order valence-corrected chi connectivity index (χ1v) is 6.56. The van der Waals surface area contributed by atoms with E-state index in [-0.39, 0.29) is 5.91 Å². The topological polar surface area (TPSA) is 42.2 Å². The van der Waals surface area contributed by atoms with Gasteiger partial charge in [0.15, 0.2) is 0 Å². The molecule has 1 aromatic heterocycles. The molecular formula is C14H21NO2. The SMILES string of the molecule is CC1CCCC(NC(=O)CCc2ccco2)C1. The van der Waals surface area contributed by atoms with Gasteiger partial charge in [-0.05, 0) is 30.9 Å². The Bertz CT molecular complexity index is 345. The molecular weight excluding hydrogens is 214 g/mol. The molecule has 1 fully saturated rings. The van der Waals surface area contributed by atoms with Crippen molar-refractivity contribution in [1.29, 1.82) is 0 Å². The molecule has 0 saturated heterocycles. The molecule has 0 bridgehead atoms. The summed E-state index contributed by atoms with van der Waals surface area (Å²) >= 11 is 0. The molecule has 0 spiro atoms. The zero-order valence-corrected chi connectivity index (χ0v) is 10.4. The maximum atomic E-state index is 11.8. The van der Waals surface area contributed by atoms with E-state index >= 15 is 0 Å². The van der Waals surface area contributed by atoms with Crippen LogP contribution in [0.25, 0.3) is 0 Å². The standard InChI is InChI=1S/C14H21NO2/c1-11-4-2-5-12(10-11)15-14(16)8-7-13-6-3-9-17-13/h3,6,9,11-12H,2,4-5,7-8,10H2,1H3,(H,15,16). The van der Waals surface area contributed by atoms with Crippen molar-refractivity contribution in [2.24, 2.45) is 5.92 Å². The highest BCUT2D eigenvalue weighted by molar-refractivity contribution is 5.76. The zero-order chi connectivity index (χ0) is 12.1. The van der Waals surface area contributed by atoms with Crippen LogP contribution in [0.4, 0.5) is 0 Å². The molecule has 94 valence electrons. The number of hydrogen-bond acceptors (Lipinski definition) is 2. The number of amides is 1. The van der Waals surface area contributed by atoms with Crippen molar-refractivity contribution in [2.75, 3.05) is 0 Å². The summed E-state index contributed by atoms with van der Waals surface area (Å²) in [6, 6.07) is 4.16. The highest BCUT2D eigenvalue weighted by Gasteiger charge is 2.20. The van der Waals surface area contributed by atoms with Crippen molar-refractivity contribution < 1.29 is 9.21 Å². The summed E-state index contributed by atoms with van der Waals surface area (Å²) in [4.78, 5) is 11.8. The molecule has 1 aromatic rings. The lowest BCUT2D eigenvalue weighted by molar-refractivity contribution is -0.122. The largest absolute Gasteiger partial charge is 0.469 e. The smallest absolute Gasteiger partial charge is 0.220 e. The highest BCUT2D eigenvalue weighted by atomic mass is 16.3. The fourth-order valence-electron chi connectivity index (χ4n) is 2.56. The van der Waals surface area contributed by atoms with Crippen molar-refractivity contribution in [3.05, 3.63) is 24.2 Å². The van der Waals surface area contributed by atoms with Gasteiger partial charge in [0.25, 0.3) is 0 Å². The van der Waals surface area contributed by atoms with E-state index < -0.39 is 0 Å². The lowest BCUT2D eigenvalue weighted by Crippen LogP contribution is -2.38. The minimum Gasteiger partial charge on any atom is -0.469 e. The van der Waals surface area contributed by atoms with Crippen molar-refractivity contribution in [3.63, 3.8) is 0 Å². The van der Waals surface area contributed by atoms with Crippen LogP contribution in [-0.2, 0) is 11.2 Å². The molecule has 1 saturated carbocycles. The summed E-state index contributed by atoms with van der Waals surface area (Å²) in [7, 11) is 0. The minimum atomic E-state index is 0.153. The molecule has 2 atom stereocenters. The van der Waals surface area contributed by atoms with Gasteiger partial charge in [0.1, 0.15) is 5.76 Å². The number of hydrogen-bond donors (Lipinski definition) is 1. The van der Waals surface area contributed by atoms with Crippen molar-refractivity contribution in [2.45, 2.75) is 51.5 Å². The van der Waals surface area contributed by atoms with E-state index in [0.29, 0.717) is 18.9 Å². The number of carbonyl (C=O) groups excluding carboxylic acids is 1. The Hall–Kier alpha value is -1.25. The second kappa shape index (κ2) is 5.89. The van der Waals surface area contributed by atoms with Gasteiger partial charge in [-0.3, -0.25) is 4.79 Å². The minimum absolute atomic E-state index is 0.153. The number of nitrogens with one attached hydrogen (secondary N) is 1. The van der Waals surface area contributed by atoms with E-state index in [0.717, 1.165) is 24.5 Å². The molecule has 0 radical (unpaired) electrons. The third kappa shape index (κ3) is 3.91. The summed E-state index contributed by atoms with van der Waals surface area (Å²) in [6.45, 7) is 2.27. The van der Waals surface area contributed by atoms with Crippen molar-refractivity contribution in [1.82, 2.24) is 5.32 Å². The van der Waals surface area contributed by atoms with E-state index in [1.807, 2.05) is 12.1 Å². The highest BCUT2D eigenvalue weighted by Crippen LogP contribution is 2.23. The Morgan fingerprint density at radius 3 is 3.12 bits per heavy atom. The Kier molecular flexibility index (Phi) is 4.24. The maximum absolute atomic E-state index is 11.8. The predicted octanol–water partition coefficient (Wildman–Crippen LogP) is 2.91. The molecule has 0 aliphatic heterocycles. The van der Waals surface area contributed by atoms with Gasteiger partial charge < -0.3 is 9.73 Å². The third-order valence-electron chi connectivity index (χ3n) is 3.48. The Balaban J connectivity index is 1.70. The first-order valence-electron chi connectivity index (χ1n) is 6.56. The second-order valence-corrected chi connectivity index (χ2v) is 5.12. The summed E-state index contributed by atoms with van der Waals surface area (Å²) in [5.74, 6) is 1.79. The van der Waals surface area contributed by atoms with E-state index in [4.69, 9.17) is 4.42 Å². The molecule has 1 heterocycles. The number of carbonyl (C=O) groups is 1. The van der Waals surface area contributed by atoms with Gasteiger partial charge in [0.05, 0.1) is 6.26 Å². The molecule has 2 rings (SSSR count). The first-order chi connectivity index (χ1) is 8.24. The van der Waals surface area contributed by atoms with Gasteiger partial charge in [-0.25, -0.2) is 0 Å². The third-order valence-corrected chi connectivity index (χ3v) is 3.48. The molecule has 3 nitrogen and oxygen atoms in total. The molecule has 1 amide bonds. The summed E-state index contributed by atoms with van der Waals surface area (Å²) in [5.41, 5.74) is 0. The zero-order valence-electron chi connectivity index (χ0n) is 10.4. The van der Waals surface area contributed by atoms with E-state index in [2.05, 4.69) is 12.2 Å².